The van der Waals surface area contributed by atoms with Gasteiger partial charge in [0.05, 0.1) is 38.0 Å². The van der Waals surface area contributed by atoms with Gasteiger partial charge in [0.2, 0.25) is 5.52 Å². The summed E-state index contributed by atoms with van der Waals surface area (Å²) in [5, 5.41) is 1.16. The summed E-state index contributed by atoms with van der Waals surface area (Å²) in [6.45, 7) is 10.9. The van der Waals surface area contributed by atoms with E-state index in [2.05, 4.69) is 79.2 Å². The first kappa shape index (κ1) is 30.9. The van der Waals surface area contributed by atoms with E-state index in [1.807, 2.05) is 19.9 Å². The predicted molar refractivity (Wildman–Crippen MR) is 161 cm³/mol. The number of ether oxygens (including phenoxy) is 2. The zero-order valence-corrected chi connectivity index (χ0v) is 25.0. The van der Waals surface area contributed by atoms with Gasteiger partial charge in [-0.25, -0.2) is 0 Å². The highest BCUT2D eigenvalue weighted by atomic mass is 31.2. The Balaban J connectivity index is 1.78. The average molecular weight is 555 g/mol. The van der Waals surface area contributed by atoms with Crippen molar-refractivity contribution >= 4 is 30.7 Å². The molecule has 1 heterocycles. The molecule has 3 aromatic rings. The van der Waals surface area contributed by atoms with Crippen molar-refractivity contribution in [3.05, 3.63) is 65.9 Å². The summed E-state index contributed by atoms with van der Waals surface area (Å²) in [7, 11) is -3.04. The number of nitrogens with zero attached hydrogens (tertiary/aromatic N) is 1. The highest BCUT2D eigenvalue weighted by Gasteiger charge is 2.24. The normalized spacial score (nSPS) is 11.9. The van der Waals surface area contributed by atoms with Gasteiger partial charge in [-0.1, -0.05) is 57.0 Å². The monoisotopic (exact) mass is 554 g/mol. The van der Waals surface area contributed by atoms with Crippen molar-refractivity contribution in [3.8, 4) is 11.5 Å². The van der Waals surface area contributed by atoms with E-state index in [9.17, 15) is 4.57 Å². The van der Waals surface area contributed by atoms with Crippen LogP contribution in [0.25, 0.3) is 23.1 Å². The van der Waals surface area contributed by atoms with Crippen molar-refractivity contribution in [1.29, 1.82) is 0 Å². The van der Waals surface area contributed by atoms with Crippen molar-refractivity contribution in [1.82, 2.24) is 0 Å². The molecule has 0 spiro atoms. The molecule has 0 saturated heterocycles. The van der Waals surface area contributed by atoms with E-state index < -0.39 is 7.60 Å². The fourth-order valence-corrected chi connectivity index (χ4v) is 5.99. The van der Waals surface area contributed by atoms with Gasteiger partial charge in [0.15, 0.2) is 17.7 Å². The van der Waals surface area contributed by atoms with E-state index >= 15 is 0 Å². The molecule has 0 radical (unpaired) electrons. The van der Waals surface area contributed by atoms with Crippen LogP contribution in [0.4, 0.5) is 0 Å². The second-order valence-electron chi connectivity index (χ2n) is 9.45. The minimum absolute atomic E-state index is 0.384. The molecule has 3 rings (SSSR count). The third-order valence-electron chi connectivity index (χ3n) is 6.38. The summed E-state index contributed by atoms with van der Waals surface area (Å²) in [6.07, 6.45) is 11.7. The Labute approximate surface area is 234 Å². The molecule has 39 heavy (non-hydrogen) atoms. The molecule has 212 valence electrons. The van der Waals surface area contributed by atoms with Gasteiger partial charge in [0, 0.05) is 18.6 Å². The zero-order valence-electron chi connectivity index (χ0n) is 24.1. The highest BCUT2D eigenvalue weighted by molar-refractivity contribution is 7.53. The second kappa shape index (κ2) is 16.4. The van der Waals surface area contributed by atoms with E-state index in [-0.39, 0.29) is 0 Å². The Bertz CT molecular complexity index is 1230. The van der Waals surface area contributed by atoms with Crippen LogP contribution in [-0.4, -0.2) is 32.6 Å². The van der Waals surface area contributed by atoms with E-state index in [1.165, 1.54) is 0 Å². The molecule has 2 aromatic carbocycles. The number of pyridine rings is 1. The molecular formula is C32H45NO5P+. The number of aryl methyl sites for hydroxylation is 1. The summed E-state index contributed by atoms with van der Waals surface area (Å²) < 4.78 is 38.0. The van der Waals surface area contributed by atoms with E-state index in [0.29, 0.717) is 39.0 Å². The lowest BCUT2D eigenvalue weighted by Crippen LogP contribution is -2.34. The van der Waals surface area contributed by atoms with Crippen LogP contribution in [0.2, 0.25) is 0 Å². The van der Waals surface area contributed by atoms with Crippen LogP contribution in [0, 0.1) is 0 Å². The fourth-order valence-electron chi connectivity index (χ4n) is 4.34. The Hall–Kier alpha value is -2.66. The Morgan fingerprint density at radius 1 is 0.795 bits per heavy atom. The number of benzene rings is 2. The van der Waals surface area contributed by atoms with Crippen LogP contribution in [0.15, 0.2) is 54.7 Å². The summed E-state index contributed by atoms with van der Waals surface area (Å²) in [6, 6.07) is 16.7. The molecule has 0 unspecified atom stereocenters. The molecule has 0 atom stereocenters. The lowest BCUT2D eigenvalue weighted by Gasteiger charge is -2.16. The molecule has 0 fully saturated rings. The van der Waals surface area contributed by atoms with Crippen molar-refractivity contribution in [2.75, 3.05) is 32.6 Å². The molecule has 0 bridgehead atoms. The summed E-state index contributed by atoms with van der Waals surface area (Å²) in [5.41, 5.74) is 3.33. The lowest BCUT2D eigenvalue weighted by molar-refractivity contribution is -0.671. The number of para-hydroxylation sites is 1. The molecule has 1 aromatic heterocycles. The number of hydrogen-bond donors (Lipinski definition) is 0. The topological polar surface area (TPSA) is 57.9 Å². The molecule has 0 aliphatic rings. The standard InChI is InChI=1S/C32H45NO5P/c1-5-9-23-35-31-19-17-27(26-32(31)36-24-10-6-2)16-18-28-20-22-33(30-15-12-11-14-29(28)30)21-13-25-39(34,37-7-3)38-8-4/h11-12,14-20,22,26H,5-10,13,21,23-25H2,1-4H3/q+1. The summed E-state index contributed by atoms with van der Waals surface area (Å²) in [5.74, 6) is 1.61. The van der Waals surface area contributed by atoms with E-state index in [4.69, 9.17) is 18.5 Å². The number of rotatable bonds is 18. The maximum Gasteiger partial charge on any atom is 0.330 e. The van der Waals surface area contributed by atoms with Gasteiger partial charge < -0.3 is 18.5 Å². The molecule has 0 amide bonds. The third kappa shape index (κ3) is 9.49. The Kier molecular flexibility index (Phi) is 13.0. The van der Waals surface area contributed by atoms with Crippen LogP contribution < -0.4 is 14.0 Å². The predicted octanol–water partition coefficient (Wildman–Crippen LogP) is 8.31. The number of hydrogen-bond acceptors (Lipinski definition) is 5. The fraction of sp³-hybridized carbons (Fsp3) is 0.469. The molecule has 0 saturated carbocycles. The smallest absolute Gasteiger partial charge is 0.330 e. The van der Waals surface area contributed by atoms with Crippen LogP contribution in [-0.2, 0) is 20.2 Å². The first-order chi connectivity index (χ1) is 19.0. The minimum Gasteiger partial charge on any atom is -0.490 e. The number of unbranched alkanes of at least 4 members (excludes halogenated alkanes) is 2. The van der Waals surface area contributed by atoms with Gasteiger partial charge >= 0.3 is 7.60 Å². The average Bonchev–Trinajstić information content (AvgIpc) is 2.94. The van der Waals surface area contributed by atoms with Gasteiger partial charge in [-0.3, -0.25) is 4.57 Å². The Morgan fingerprint density at radius 2 is 1.49 bits per heavy atom. The third-order valence-corrected chi connectivity index (χ3v) is 8.54. The maximum absolute atomic E-state index is 12.8. The Morgan fingerprint density at radius 3 is 2.18 bits per heavy atom. The lowest BCUT2D eigenvalue weighted by atomic mass is 10.1. The van der Waals surface area contributed by atoms with Gasteiger partial charge in [-0.05, 0) is 56.0 Å². The first-order valence-corrected chi connectivity index (χ1v) is 16.1. The minimum atomic E-state index is -3.04. The van der Waals surface area contributed by atoms with Crippen molar-refractivity contribution < 1.29 is 27.7 Å². The molecule has 0 N–H and O–H groups in total. The first-order valence-electron chi connectivity index (χ1n) is 14.4. The molecular weight excluding hydrogens is 509 g/mol. The van der Waals surface area contributed by atoms with Gasteiger partial charge in [0.1, 0.15) is 6.54 Å². The molecule has 6 nitrogen and oxygen atoms in total. The quantitative estimate of drug-likeness (QED) is 0.0899. The molecule has 0 aliphatic carbocycles. The summed E-state index contributed by atoms with van der Waals surface area (Å²) >= 11 is 0. The summed E-state index contributed by atoms with van der Waals surface area (Å²) in [4.78, 5) is 0. The highest BCUT2D eigenvalue weighted by Crippen LogP contribution is 2.48. The van der Waals surface area contributed by atoms with Crippen molar-refractivity contribution in [3.63, 3.8) is 0 Å². The number of fused-ring (bicyclic) bond motifs is 1. The van der Waals surface area contributed by atoms with Crippen LogP contribution in [0.1, 0.15) is 70.9 Å². The number of aromatic nitrogens is 1. The van der Waals surface area contributed by atoms with Crippen molar-refractivity contribution in [2.24, 2.45) is 0 Å². The van der Waals surface area contributed by atoms with Gasteiger partial charge in [-0.15, -0.1) is 0 Å². The van der Waals surface area contributed by atoms with Crippen LogP contribution in [0.5, 0.6) is 11.5 Å². The van der Waals surface area contributed by atoms with E-state index in [1.54, 1.807) is 0 Å². The van der Waals surface area contributed by atoms with E-state index in [0.717, 1.165) is 65.8 Å². The van der Waals surface area contributed by atoms with Gasteiger partial charge in [0.25, 0.3) is 0 Å². The van der Waals surface area contributed by atoms with Crippen molar-refractivity contribution in [2.45, 2.75) is 66.3 Å². The zero-order chi connectivity index (χ0) is 27.9. The second-order valence-corrected chi connectivity index (χ2v) is 11.6. The van der Waals surface area contributed by atoms with Crippen LogP contribution in [0.3, 0.4) is 0 Å². The largest absolute Gasteiger partial charge is 0.490 e. The van der Waals surface area contributed by atoms with Crippen LogP contribution >= 0.6 is 7.60 Å². The maximum atomic E-state index is 12.8. The molecule has 0 aliphatic heterocycles. The van der Waals surface area contributed by atoms with Gasteiger partial charge in [-0.2, -0.15) is 4.57 Å². The SMILES string of the molecule is CCCCOc1ccc(C=Cc2cc[n+](CCCP(=O)(OCC)OCC)c3ccccc23)cc1OCCCC. The molecule has 7 heteroatoms.